The molecule has 6 heteroatoms. The fourth-order valence-electron chi connectivity index (χ4n) is 1.47. The van der Waals surface area contributed by atoms with Crippen molar-refractivity contribution >= 4 is 0 Å². The Balaban J connectivity index is 1.91. The predicted molar refractivity (Wildman–Crippen MR) is 58.8 cm³/mol. The van der Waals surface area contributed by atoms with Crippen LogP contribution in [0.4, 0.5) is 0 Å². The predicted octanol–water partition coefficient (Wildman–Crippen LogP) is 0.695. The first-order valence-electron chi connectivity index (χ1n) is 5.59. The van der Waals surface area contributed by atoms with Gasteiger partial charge in [-0.25, -0.2) is 0 Å². The molecular weight excluding hydrogens is 204 g/mol. The monoisotopic (exact) mass is 220 g/mol. The first-order valence-corrected chi connectivity index (χ1v) is 5.59. The Labute approximate surface area is 94.3 Å². The molecular formula is C10H16N6. The second-order valence-electron chi connectivity index (χ2n) is 3.63. The summed E-state index contributed by atoms with van der Waals surface area (Å²) in [5.41, 5.74) is 2.01. The molecule has 6 nitrogen and oxygen atoms in total. The Kier molecular flexibility index (Phi) is 3.28. The van der Waals surface area contributed by atoms with Crippen LogP contribution in [-0.2, 0) is 25.9 Å². The smallest absolute Gasteiger partial charge is 0.0831 e. The van der Waals surface area contributed by atoms with Crippen molar-refractivity contribution in [3.05, 3.63) is 23.8 Å². The van der Waals surface area contributed by atoms with E-state index >= 15 is 0 Å². The van der Waals surface area contributed by atoms with Gasteiger partial charge in [0.1, 0.15) is 0 Å². The molecule has 2 rings (SSSR count). The normalized spacial score (nSPS) is 10.9. The standard InChI is InChI=1S/C10H16N6/c1-3-15-7-9(11-13-15)5-6-10-8-16(4-2)14-12-10/h7-8H,3-6H2,1-2H3. The summed E-state index contributed by atoms with van der Waals surface area (Å²) in [6, 6.07) is 0. The Bertz CT molecular complexity index is 401. The van der Waals surface area contributed by atoms with E-state index < -0.39 is 0 Å². The van der Waals surface area contributed by atoms with Gasteiger partial charge in [-0.3, -0.25) is 9.36 Å². The molecule has 0 aliphatic rings. The Morgan fingerprint density at radius 3 is 1.62 bits per heavy atom. The van der Waals surface area contributed by atoms with Crippen LogP contribution >= 0.6 is 0 Å². The molecule has 2 heterocycles. The van der Waals surface area contributed by atoms with Crippen LogP contribution in [0.5, 0.6) is 0 Å². The third-order valence-electron chi connectivity index (χ3n) is 2.46. The molecule has 0 aliphatic heterocycles. The van der Waals surface area contributed by atoms with Crippen molar-refractivity contribution in [2.45, 2.75) is 39.8 Å². The van der Waals surface area contributed by atoms with Crippen LogP contribution < -0.4 is 0 Å². The summed E-state index contributed by atoms with van der Waals surface area (Å²) in [7, 11) is 0. The molecule has 0 radical (unpaired) electrons. The van der Waals surface area contributed by atoms with Crippen LogP contribution in [0.3, 0.4) is 0 Å². The van der Waals surface area contributed by atoms with Crippen molar-refractivity contribution in [1.29, 1.82) is 0 Å². The highest BCUT2D eigenvalue weighted by Crippen LogP contribution is 2.01. The second-order valence-corrected chi connectivity index (χ2v) is 3.63. The van der Waals surface area contributed by atoms with Gasteiger partial charge in [-0.1, -0.05) is 10.4 Å². The highest BCUT2D eigenvalue weighted by Gasteiger charge is 2.03. The zero-order valence-electron chi connectivity index (χ0n) is 9.67. The summed E-state index contributed by atoms with van der Waals surface area (Å²) in [5, 5.41) is 16.2. The first-order chi connectivity index (χ1) is 7.81. The molecule has 0 spiro atoms. The van der Waals surface area contributed by atoms with Crippen LogP contribution in [0.15, 0.2) is 12.4 Å². The van der Waals surface area contributed by atoms with Crippen LogP contribution in [0.1, 0.15) is 25.2 Å². The first kappa shape index (κ1) is 10.8. The van der Waals surface area contributed by atoms with Crippen LogP contribution in [0.2, 0.25) is 0 Å². The average molecular weight is 220 g/mol. The maximum atomic E-state index is 4.09. The van der Waals surface area contributed by atoms with Gasteiger partial charge in [-0.2, -0.15) is 0 Å². The van der Waals surface area contributed by atoms with E-state index in [4.69, 9.17) is 0 Å². The lowest BCUT2D eigenvalue weighted by atomic mass is 10.2. The van der Waals surface area contributed by atoms with Crippen molar-refractivity contribution in [2.75, 3.05) is 0 Å². The van der Waals surface area contributed by atoms with Crippen molar-refractivity contribution in [1.82, 2.24) is 30.0 Å². The number of aryl methyl sites for hydroxylation is 4. The van der Waals surface area contributed by atoms with Crippen molar-refractivity contribution in [3.63, 3.8) is 0 Å². The largest absolute Gasteiger partial charge is 0.253 e. The second kappa shape index (κ2) is 4.87. The molecule has 0 saturated carbocycles. The fourth-order valence-corrected chi connectivity index (χ4v) is 1.47. The number of rotatable bonds is 5. The zero-order chi connectivity index (χ0) is 11.4. The number of aromatic nitrogens is 6. The maximum absolute atomic E-state index is 4.09. The quantitative estimate of drug-likeness (QED) is 0.744. The van der Waals surface area contributed by atoms with Crippen molar-refractivity contribution in [3.8, 4) is 0 Å². The Morgan fingerprint density at radius 2 is 1.31 bits per heavy atom. The molecule has 0 aliphatic carbocycles. The van der Waals surface area contributed by atoms with Gasteiger partial charge >= 0.3 is 0 Å². The summed E-state index contributed by atoms with van der Waals surface area (Å²) in [6.45, 7) is 5.81. The molecule has 2 aromatic heterocycles. The van der Waals surface area contributed by atoms with E-state index in [1.165, 1.54) is 0 Å². The molecule has 0 fully saturated rings. The molecule has 0 atom stereocenters. The lowest BCUT2D eigenvalue weighted by Crippen LogP contribution is -1.93. The third kappa shape index (κ3) is 2.44. The summed E-state index contributed by atoms with van der Waals surface area (Å²) in [4.78, 5) is 0. The summed E-state index contributed by atoms with van der Waals surface area (Å²) in [5.74, 6) is 0. The van der Waals surface area contributed by atoms with Gasteiger partial charge < -0.3 is 0 Å². The Morgan fingerprint density at radius 1 is 0.875 bits per heavy atom. The molecule has 0 saturated heterocycles. The lowest BCUT2D eigenvalue weighted by molar-refractivity contribution is 0.626. The molecule has 2 aromatic rings. The van der Waals surface area contributed by atoms with Gasteiger partial charge in [-0.05, 0) is 26.7 Å². The fraction of sp³-hybridized carbons (Fsp3) is 0.600. The van der Waals surface area contributed by atoms with Gasteiger partial charge in [-0.15, -0.1) is 10.2 Å². The van der Waals surface area contributed by atoms with E-state index in [9.17, 15) is 0 Å². The Hall–Kier alpha value is -1.72. The summed E-state index contributed by atoms with van der Waals surface area (Å²) in [6.07, 6.45) is 5.68. The minimum absolute atomic E-state index is 0.860. The molecule has 0 amide bonds. The van der Waals surface area contributed by atoms with Gasteiger partial charge in [0.15, 0.2) is 0 Å². The van der Waals surface area contributed by atoms with Gasteiger partial charge in [0.25, 0.3) is 0 Å². The third-order valence-corrected chi connectivity index (χ3v) is 2.46. The van der Waals surface area contributed by atoms with E-state index in [1.807, 2.05) is 35.6 Å². The van der Waals surface area contributed by atoms with Crippen LogP contribution in [0.25, 0.3) is 0 Å². The lowest BCUT2D eigenvalue weighted by Gasteiger charge is -1.92. The van der Waals surface area contributed by atoms with Crippen LogP contribution in [-0.4, -0.2) is 30.0 Å². The molecule has 0 unspecified atom stereocenters. The molecule has 0 bridgehead atoms. The maximum Gasteiger partial charge on any atom is 0.0831 e. The summed E-state index contributed by atoms with van der Waals surface area (Å²) < 4.78 is 3.66. The van der Waals surface area contributed by atoms with E-state index in [1.54, 1.807) is 0 Å². The minimum atomic E-state index is 0.860. The molecule has 0 aromatic carbocycles. The number of hydrogen-bond donors (Lipinski definition) is 0. The van der Waals surface area contributed by atoms with E-state index in [2.05, 4.69) is 20.6 Å². The molecule has 0 N–H and O–H groups in total. The highest BCUT2D eigenvalue weighted by atomic mass is 15.4. The van der Waals surface area contributed by atoms with Gasteiger partial charge in [0.05, 0.1) is 11.4 Å². The van der Waals surface area contributed by atoms with Crippen LogP contribution in [0, 0.1) is 0 Å². The minimum Gasteiger partial charge on any atom is -0.253 e. The van der Waals surface area contributed by atoms with Crippen molar-refractivity contribution in [2.24, 2.45) is 0 Å². The number of hydrogen-bond acceptors (Lipinski definition) is 4. The van der Waals surface area contributed by atoms with Crippen molar-refractivity contribution < 1.29 is 0 Å². The SMILES string of the molecule is CCn1cc(CCc2cn(CC)nn2)nn1. The topological polar surface area (TPSA) is 61.4 Å². The number of nitrogens with zero attached hydrogens (tertiary/aromatic N) is 6. The van der Waals surface area contributed by atoms with E-state index in [-0.39, 0.29) is 0 Å². The van der Waals surface area contributed by atoms with E-state index in [0.717, 1.165) is 37.3 Å². The molecule has 86 valence electrons. The zero-order valence-corrected chi connectivity index (χ0v) is 9.67. The summed E-state index contributed by atoms with van der Waals surface area (Å²) >= 11 is 0. The van der Waals surface area contributed by atoms with Gasteiger partial charge in [0.2, 0.25) is 0 Å². The van der Waals surface area contributed by atoms with Gasteiger partial charge in [0, 0.05) is 25.5 Å². The van der Waals surface area contributed by atoms with E-state index in [0.29, 0.717) is 0 Å². The average Bonchev–Trinajstić information content (AvgIpc) is 2.95. The highest BCUT2D eigenvalue weighted by molar-refractivity contribution is 4.99. The molecule has 16 heavy (non-hydrogen) atoms.